The lowest BCUT2D eigenvalue weighted by atomic mass is 10.2. The zero-order valence-electron chi connectivity index (χ0n) is 10.3. The Hall–Kier alpha value is -2.54. The molecule has 0 aliphatic heterocycles. The van der Waals surface area contributed by atoms with Crippen molar-refractivity contribution in [3.05, 3.63) is 53.0 Å². The standard InChI is InChI=1S/C14H13N2O2/c1-10-3-5-11(6-4-10)18-14-8-7-12(17-2)9-13(14)16-15/h3-9H,1-2H3/q+1. The van der Waals surface area contributed by atoms with E-state index in [0.717, 1.165) is 5.56 Å². The minimum Gasteiger partial charge on any atom is -0.496 e. The summed E-state index contributed by atoms with van der Waals surface area (Å²) in [5.74, 6) is 1.77. The van der Waals surface area contributed by atoms with Gasteiger partial charge in [-0.2, -0.15) is 0 Å². The van der Waals surface area contributed by atoms with Crippen LogP contribution >= 0.6 is 0 Å². The van der Waals surface area contributed by atoms with Gasteiger partial charge >= 0.3 is 5.69 Å². The van der Waals surface area contributed by atoms with Crippen LogP contribution in [0.25, 0.3) is 4.98 Å². The van der Waals surface area contributed by atoms with Gasteiger partial charge in [-0.05, 0) is 31.2 Å². The van der Waals surface area contributed by atoms with Crippen molar-refractivity contribution in [3.63, 3.8) is 0 Å². The van der Waals surface area contributed by atoms with Gasteiger partial charge in [-0.3, -0.25) is 0 Å². The van der Waals surface area contributed by atoms with Gasteiger partial charge in [0, 0.05) is 0 Å². The second-order valence-electron chi connectivity index (χ2n) is 3.85. The maximum Gasteiger partial charge on any atom is 0.430 e. The lowest BCUT2D eigenvalue weighted by molar-refractivity contribution is 0.413. The first-order valence-electron chi connectivity index (χ1n) is 5.50. The van der Waals surface area contributed by atoms with Crippen molar-refractivity contribution >= 4 is 5.69 Å². The van der Waals surface area contributed by atoms with Crippen molar-refractivity contribution in [3.8, 4) is 17.2 Å². The number of rotatable bonds is 3. The lowest BCUT2D eigenvalue weighted by Gasteiger charge is -2.04. The first-order valence-corrected chi connectivity index (χ1v) is 5.50. The van der Waals surface area contributed by atoms with Crippen molar-refractivity contribution in [1.82, 2.24) is 0 Å². The molecule has 0 bridgehead atoms. The zero-order chi connectivity index (χ0) is 13.0. The Morgan fingerprint density at radius 3 is 2.28 bits per heavy atom. The summed E-state index contributed by atoms with van der Waals surface area (Å²) in [5.41, 5.74) is 1.49. The molecule has 0 fully saturated rings. The molecule has 0 spiro atoms. The molecule has 0 radical (unpaired) electrons. The van der Waals surface area contributed by atoms with Gasteiger partial charge < -0.3 is 9.47 Å². The van der Waals surface area contributed by atoms with Crippen molar-refractivity contribution in [2.24, 2.45) is 0 Å². The van der Waals surface area contributed by atoms with E-state index < -0.39 is 0 Å². The summed E-state index contributed by atoms with van der Waals surface area (Å²) in [5, 5.41) is 8.95. The van der Waals surface area contributed by atoms with E-state index in [0.29, 0.717) is 22.9 Å². The van der Waals surface area contributed by atoms with Gasteiger partial charge in [0.05, 0.1) is 13.2 Å². The third-order valence-electron chi connectivity index (χ3n) is 2.52. The summed E-state index contributed by atoms with van der Waals surface area (Å²) in [6.45, 7) is 2.01. The third-order valence-corrected chi connectivity index (χ3v) is 2.52. The van der Waals surface area contributed by atoms with E-state index in [9.17, 15) is 0 Å². The molecule has 2 aromatic carbocycles. The summed E-state index contributed by atoms with van der Waals surface area (Å²) < 4.78 is 10.7. The average molecular weight is 241 g/mol. The van der Waals surface area contributed by atoms with Crippen LogP contribution in [0.2, 0.25) is 0 Å². The van der Waals surface area contributed by atoms with Crippen LogP contribution in [0.5, 0.6) is 17.2 Å². The number of methoxy groups -OCH3 is 1. The molecule has 0 unspecified atom stereocenters. The van der Waals surface area contributed by atoms with E-state index in [-0.39, 0.29) is 0 Å². The fourth-order valence-corrected chi connectivity index (χ4v) is 1.52. The Bertz CT molecular complexity index is 586. The molecule has 2 rings (SSSR count). The molecule has 90 valence electrons. The predicted molar refractivity (Wildman–Crippen MR) is 69.0 cm³/mol. The topological polar surface area (TPSA) is 46.6 Å². The SMILES string of the molecule is COc1ccc(Oc2ccc(C)cc2)c([N+]#N)c1. The monoisotopic (exact) mass is 241 g/mol. The van der Waals surface area contributed by atoms with Gasteiger partial charge in [0.1, 0.15) is 11.5 Å². The van der Waals surface area contributed by atoms with Gasteiger partial charge in [0.25, 0.3) is 0 Å². The maximum atomic E-state index is 8.95. The van der Waals surface area contributed by atoms with Crippen LogP contribution in [0.1, 0.15) is 5.56 Å². The summed E-state index contributed by atoms with van der Waals surface area (Å²) in [4.78, 5) is 3.19. The Morgan fingerprint density at radius 2 is 1.67 bits per heavy atom. The molecule has 0 N–H and O–H groups in total. The van der Waals surface area contributed by atoms with Crippen LogP contribution in [0.4, 0.5) is 5.69 Å². The summed E-state index contributed by atoms with van der Waals surface area (Å²) in [7, 11) is 1.55. The minimum absolute atomic E-state index is 0.329. The second-order valence-corrected chi connectivity index (χ2v) is 3.85. The van der Waals surface area contributed by atoms with Crippen LogP contribution in [0, 0.1) is 12.3 Å². The molecule has 0 aromatic heterocycles. The molecule has 0 saturated heterocycles. The fraction of sp³-hybridized carbons (Fsp3) is 0.143. The Kier molecular flexibility index (Phi) is 3.44. The molecule has 2 aromatic rings. The number of ether oxygens (including phenoxy) is 2. The first-order chi connectivity index (χ1) is 8.72. The highest BCUT2D eigenvalue weighted by Gasteiger charge is 2.17. The van der Waals surface area contributed by atoms with Crippen molar-refractivity contribution in [2.75, 3.05) is 7.11 Å². The molecule has 4 nitrogen and oxygen atoms in total. The summed E-state index contributed by atoms with van der Waals surface area (Å²) >= 11 is 0. The molecule has 4 heteroatoms. The molecule has 0 saturated carbocycles. The van der Waals surface area contributed by atoms with Gasteiger partial charge in [0.15, 0.2) is 4.98 Å². The van der Waals surface area contributed by atoms with E-state index in [1.807, 2.05) is 31.2 Å². The number of aryl methyl sites for hydroxylation is 1. The van der Waals surface area contributed by atoms with E-state index in [1.165, 1.54) is 0 Å². The van der Waals surface area contributed by atoms with E-state index in [4.69, 9.17) is 14.9 Å². The molecule has 0 atom stereocenters. The first kappa shape index (κ1) is 11.9. The Labute approximate surface area is 105 Å². The molecule has 0 aliphatic rings. The summed E-state index contributed by atoms with van der Waals surface area (Å²) in [6.07, 6.45) is 0. The molecule has 0 aliphatic carbocycles. The van der Waals surface area contributed by atoms with Gasteiger partial charge in [-0.15, -0.1) is 0 Å². The molecule has 18 heavy (non-hydrogen) atoms. The quantitative estimate of drug-likeness (QED) is 0.753. The largest absolute Gasteiger partial charge is 0.496 e. The number of nitrogens with zero attached hydrogens (tertiary/aromatic N) is 2. The normalized spacial score (nSPS) is 9.61. The highest BCUT2D eigenvalue weighted by molar-refractivity contribution is 5.61. The van der Waals surface area contributed by atoms with Crippen LogP contribution in [-0.4, -0.2) is 7.11 Å². The van der Waals surface area contributed by atoms with Gasteiger partial charge in [-0.1, -0.05) is 17.7 Å². The smallest absolute Gasteiger partial charge is 0.430 e. The predicted octanol–water partition coefficient (Wildman–Crippen LogP) is 4.28. The van der Waals surface area contributed by atoms with Crippen LogP contribution in [0.3, 0.4) is 0 Å². The summed E-state index contributed by atoms with van der Waals surface area (Å²) in [6, 6.07) is 12.7. The average Bonchev–Trinajstić information content (AvgIpc) is 2.41. The highest BCUT2D eigenvalue weighted by Crippen LogP contribution is 2.34. The zero-order valence-corrected chi connectivity index (χ0v) is 10.3. The number of diazo groups is 1. The van der Waals surface area contributed by atoms with Gasteiger partial charge in [0.2, 0.25) is 11.1 Å². The van der Waals surface area contributed by atoms with Crippen molar-refractivity contribution < 1.29 is 9.47 Å². The number of hydrogen-bond donors (Lipinski definition) is 0. The van der Waals surface area contributed by atoms with E-state index >= 15 is 0 Å². The number of hydrogen-bond acceptors (Lipinski definition) is 3. The van der Waals surface area contributed by atoms with Crippen molar-refractivity contribution in [2.45, 2.75) is 6.92 Å². The second kappa shape index (κ2) is 5.19. The molecule has 0 heterocycles. The van der Waals surface area contributed by atoms with Crippen LogP contribution in [0.15, 0.2) is 42.5 Å². The fourth-order valence-electron chi connectivity index (χ4n) is 1.52. The van der Waals surface area contributed by atoms with Crippen LogP contribution in [-0.2, 0) is 0 Å². The lowest BCUT2D eigenvalue weighted by Crippen LogP contribution is -1.86. The maximum absolute atomic E-state index is 8.95. The Morgan fingerprint density at radius 1 is 1.00 bits per heavy atom. The molecule has 0 amide bonds. The van der Waals surface area contributed by atoms with Gasteiger partial charge in [-0.25, -0.2) is 0 Å². The minimum atomic E-state index is 0.329. The highest BCUT2D eigenvalue weighted by atomic mass is 16.5. The molecular weight excluding hydrogens is 228 g/mol. The number of benzene rings is 2. The molecular formula is C14H13N2O2+. The third kappa shape index (κ3) is 2.58. The van der Waals surface area contributed by atoms with Crippen LogP contribution < -0.4 is 9.47 Å². The van der Waals surface area contributed by atoms with Crippen molar-refractivity contribution in [1.29, 1.82) is 5.39 Å². The Balaban J connectivity index is 2.29. The van der Waals surface area contributed by atoms with E-state index in [2.05, 4.69) is 4.98 Å². The van der Waals surface area contributed by atoms with E-state index in [1.54, 1.807) is 25.3 Å².